The number of aliphatic hydroxyl groups is 1. The van der Waals surface area contributed by atoms with Gasteiger partial charge < -0.3 is 5.11 Å². The summed E-state index contributed by atoms with van der Waals surface area (Å²) in [5.41, 5.74) is 3.19. The van der Waals surface area contributed by atoms with Gasteiger partial charge in [0, 0.05) is 15.6 Å². The van der Waals surface area contributed by atoms with Crippen LogP contribution in [0.1, 0.15) is 29.7 Å². The van der Waals surface area contributed by atoms with Gasteiger partial charge in [-0.2, -0.15) is 5.10 Å². The number of aryl methyl sites for hydroxylation is 1. The normalized spacial score (nSPS) is 16.5. The first kappa shape index (κ1) is 15.5. The quantitative estimate of drug-likeness (QED) is 0.906. The molecule has 0 saturated heterocycles. The van der Waals surface area contributed by atoms with Crippen molar-refractivity contribution >= 4 is 28.8 Å². The lowest BCUT2D eigenvalue weighted by Crippen LogP contribution is -2.11. The number of aliphatic hydroxyl groups excluding tert-OH is 1. The van der Waals surface area contributed by atoms with Crippen molar-refractivity contribution in [3.8, 4) is 0 Å². The van der Waals surface area contributed by atoms with E-state index in [1.807, 2.05) is 6.07 Å². The molecule has 0 spiro atoms. The Morgan fingerprint density at radius 1 is 1.32 bits per heavy atom. The zero-order chi connectivity index (χ0) is 15.7. The molecule has 116 valence electrons. The molecule has 1 aliphatic carbocycles. The molecular formula is C16H15Cl2FN2O. The summed E-state index contributed by atoms with van der Waals surface area (Å²) in [7, 11) is 0. The number of aromatic nitrogens is 2. The summed E-state index contributed by atoms with van der Waals surface area (Å²) >= 11 is 12.1. The topological polar surface area (TPSA) is 38.1 Å². The average molecular weight is 341 g/mol. The predicted octanol–water partition coefficient (Wildman–Crippen LogP) is 4.25. The van der Waals surface area contributed by atoms with Crippen molar-refractivity contribution in [2.45, 2.75) is 25.8 Å². The summed E-state index contributed by atoms with van der Waals surface area (Å²) in [6.07, 6.45) is 4.11. The number of benzene rings is 1. The van der Waals surface area contributed by atoms with Gasteiger partial charge in [0.15, 0.2) is 0 Å². The number of hydrogen-bond acceptors (Lipinski definition) is 2. The van der Waals surface area contributed by atoms with Crippen LogP contribution < -0.4 is 0 Å². The summed E-state index contributed by atoms with van der Waals surface area (Å²) in [5, 5.41) is 14.6. The van der Waals surface area contributed by atoms with E-state index in [1.54, 1.807) is 23.0 Å². The highest BCUT2D eigenvalue weighted by atomic mass is 35.5. The van der Waals surface area contributed by atoms with Crippen molar-refractivity contribution in [1.29, 1.82) is 0 Å². The average Bonchev–Trinajstić information content (AvgIpc) is 2.92. The van der Waals surface area contributed by atoms with Crippen LogP contribution in [-0.4, -0.2) is 21.5 Å². The van der Waals surface area contributed by atoms with E-state index in [0.29, 0.717) is 28.6 Å². The number of rotatable bonds is 3. The molecule has 1 aromatic heterocycles. The molecule has 0 amide bonds. The van der Waals surface area contributed by atoms with Crippen LogP contribution in [0, 0.1) is 0 Å². The minimum Gasteiger partial charge on any atom is -0.389 e. The van der Waals surface area contributed by atoms with Crippen LogP contribution in [0.3, 0.4) is 0 Å². The fourth-order valence-corrected chi connectivity index (χ4v) is 3.29. The molecule has 0 fully saturated rings. The Labute approximate surface area is 138 Å². The summed E-state index contributed by atoms with van der Waals surface area (Å²) < 4.78 is 15.7. The Balaban J connectivity index is 2.01. The van der Waals surface area contributed by atoms with E-state index in [1.165, 1.54) is 0 Å². The summed E-state index contributed by atoms with van der Waals surface area (Å²) in [5.74, 6) is -0.482. The van der Waals surface area contributed by atoms with Gasteiger partial charge in [0.25, 0.3) is 0 Å². The van der Waals surface area contributed by atoms with Crippen LogP contribution in [0.5, 0.6) is 0 Å². The molecule has 3 rings (SSSR count). The van der Waals surface area contributed by atoms with Gasteiger partial charge in [-0.3, -0.25) is 4.68 Å². The molecule has 1 aliphatic rings. The Morgan fingerprint density at radius 2 is 2.14 bits per heavy atom. The highest BCUT2D eigenvalue weighted by Gasteiger charge is 2.23. The Morgan fingerprint density at radius 3 is 2.86 bits per heavy atom. The zero-order valence-electron chi connectivity index (χ0n) is 11.8. The van der Waals surface area contributed by atoms with Gasteiger partial charge in [0.05, 0.1) is 25.0 Å². The number of hydrogen-bond donors (Lipinski definition) is 1. The minimum absolute atomic E-state index is 0.438. The van der Waals surface area contributed by atoms with Crippen LogP contribution in [-0.2, 0) is 13.0 Å². The fourth-order valence-electron chi connectivity index (χ4n) is 2.82. The molecule has 6 heteroatoms. The smallest absolute Gasteiger partial charge is 0.131 e. The lowest BCUT2D eigenvalue weighted by molar-refractivity contribution is 0.298. The second-order valence-electron chi connectivity index (χ2n) is 5.31. The second-order valence-corrected chi connectivity index (χ2v) is 6.15. The molecule has 0 unspecified atom stereocenters. The Hall–Kier alpha value is -1.36. The summed E-state index contributed by atoms with van der Waals surface area (Å²) in [4.78, 5) is 0. The maximum Gasteiger partial charge on any atom is 0.131 e. The van der Waals surface area contributed by atoms with Gasteiger partial charge in [0.2, 0.25) is 0 Å². The van der Waals surface area contributed by atoms with E-state index in [9.17, 15) is 4.39 Å². The molecule has 0 atom stereocenters. The third-order valence-corrected chi connectivity index (χ3v) is 4.46. The summed E-state index contributed by atoms with van der Waals surface area (Å²) in [6.45, 7) is -0.144. The van der Waals surface area contributed by atoms with Crippen molar-refractivity contribution in [3.63, 3.8) is 0 Å². The van der Waals surface area contributed by atoms with Gasteiger partial charge in [-0.05, 0) is 42.5 Å². The fraction of sp³-hybridized carbons (Fsp3) is 0.312. The standard InChI is InChI=1S/C16H15Cl2FN2O/c17-12-5-4-11(14(18)6-12)8-21-16-10(7-20-21)2-1-3-13(16)15(19)9-22/h4-7,22H,1-3,8-9H2/b15-13-. The third-order valence-electron chi connectivity index (χ3n) is 3.88. The van der Waals surface area contributed by atoms with E-state index in [0.717, 1.165) is 29.7 Å². The molecule has 1 aromatic carbocycles. The van der Waals surface area contributed by atoms with Gasteiger partial charge in [-0.15, -0.1) is 0 Å². The molecule has 0 saturated carbocycles. The lowest BCUT2D eigenvalue weighted by Gasteiger charge is -2.18. The highest BCUT2D eigenvalue weighted by molar-refractivity contribution is 6.35. The maximum absolute atomic E-state index is 14.0. The second kappa shape index (κ2) is 6.41. The van der Waals surface area contributed by atoms with Crippen molar-refractivity contribution in [1.82, 2.24) is 9.78 Å². The lowest BCUT2D eigenvalue weighted by atomic mass is 9.92. The van der Waals surface area contributed by atoms with E-state index in [-0.39, 0.29) is 0 Å². The predicted molar refractivity (Wildman–Crippen MR) is 85.8 cm³/mol. The molecule has 0 radical (unpaired) electrons. The van der Waals surface area contributed by atoms with Gasteiger partial charge in [0.1, 0.15) is 5.83 Å². The van der Waals surface area contributed by atoms with Crippen LogP contribution in [0.2, 0.25) is 10.0 Å². The SMILES string of the molecule is OC/C(F)=C1\CCCc2cnn(Cc3ccc(Cl)cc3Cl)c21. The first-order chi connectivity index (χ1) is 10.6. The molecule has 0 bridgehead atoms. The largest absolute Gasteiger partial charge is 0.389 e. The first-order valence-electron chi connectivity index (χ1n) is 7.07. The van der Waals surface area contributed by atoms with Gasteiger partial charge >= 0.3 is 0 Å². The maximum atomic E-state index is 14.0. The molecule has 1 heterocycles. The molecule has 1 N–H and O–H groups in total. The van der Waals surface area contributed by atoms with Crippen molar-refractivity contribution in [3.05, 3.63) is 57.1 Å². The van der Waals surface area contributed by atoms with Crippen molar-refractivity contribution < 1.29 is 9.50 Å². The van der Waals surface area contributed by atoms with Gasteiger partial charge in [-0.25, -0.2) is 4.39 Å². The molecule has 2 aromatic rings. The van der Waals surface area contributed by atoms with Crippen LogP contribution in [0.4, 0.5) is 4.39 Å². The number of allylic oxidation sites excluding steroid dienone is 1. The Bertz CT molecular complexity index is 740. The van der Waals surface area contributed by atoms with Crippen molar-refractivity contribution in [2.24, 2.45) is 0 Å². The van der Waals surface area contributed by atoms with Crippen LogP contribution in [0.15, 0.2) is 30.2 Å². The number of halogens is 3. The van der Waals surface area contributed by atoms with E-state index in [2.05, 4.69) is 5.10 Å². The zero-order valence-corrected chi connectivity index (χ0v) is 13.3. The van der Waals surface area contributed by atoms with Crippen molar-refractivity contribution in [2.75, 3.05) is 6.61 Å². The van der Waals surface area contributed by atoms with Crippen LogP contribution in [0.25, 0.3) is 5.57 Å². The number of fused-ring (bicyclic) bond motifs is 1. The molecule has 3 nitrogen and oxygen atoms in total. The molecular weight excluding hydrogens is 326 g/mol. The highest BCUT2D eigenvalue weighted by Crippen LogP contribution is 2.34. The molecule has 22 heavy (non-hydrogen) atoms. The first-order valence-corrected chi connectivity index (χ1v) is 7.83. The van der Waals surface area contributed by atoms with E-state index in [4.69, 9.17) is 28.3 Å². The minimum atomic E-state index is -0.582. The van der Waals surface area contributed by atoms with E-state index >= 15 is 0 Å². The summed E-state index contributed by atoms with van der Waals surface area (Å²) in [6, 6.07) is 5.29. The van der Waals surface area contributed by atoms with Gasteiger partial charge in [-0.1, -0.05) is 29.3 Å². The van der Waals surface area contributed by atoms with Crippen LogP contribution >= 0.6 is 23.2 Å². The Kier molecular flexibility index (Phi) is 4.52. The third kappa shape index (κ3) is 2.91. The van der Waals surface area contributed by atoms with E-state index < -0.39 is 12.4 Å². The monoisotopic (exact) mass is 340 g/mol. The molecule has 0 aliphatic heterocycles. The number of nitrogens with zero attached hydrogens (tertiary/aromatic N) is 2.